The standard InChI is InChI=1S/C38H37ClFN3O6/c1-37(2,3)42-33(45)28-17-16-27-29(31(28)35(42)47)20-30-34(46)43(41-25-12-10-24(40)11-13-25)36(48)38(30,22-6-8-23(39)9-7-22)32(27)21-4-14-26(15-5-21)49-19-18-44/h4-16,28-32,41,44H,17-20H2,1-3H3/t28-,29+,30-,31-,32-,38+/m0/s1. The van der Waals surface area contributed by atoms with Gasteiger partial charge < -0.3 is 9.84 Å². The molecule has 2 saturated heterocycles. The fourth-order valence-corrected chi connectivity index (χ4v) is 8.74. The molecule has 3 fully saturated rings. The summed E-state index contributed by atoms with van der Waals surface area (Å²) in [4.78, 5) is 59.2. The van der Waals surface area contributed by atoms with E-state index >= 15 is 4.79 Å². The van der Waals surface area contributed by atoms with Gasteiger partial charge in [-0.2, -0.15) is 5.01 Å². The number of nitrogens with one attached hydrogen (secondary N) is 1. The minimum Gasteiger partial charge on any atom is -0.491 e. The van der Waals surface area contributed by atoms with Crippen LogP contribution in [0.2, 0.25) is 5.02 Å². The van der Waals surface area contributed by atoms with Gasteiger partial charge in [-0.3, -0.25) is 29.5 Å². The molecule has 3 aromatic rings. The summed E-state index contributed by atoms with van der Waals surface area (Å²) in [5.41, 5.74) is 3.25. The average molecular weight is 686 g/mol. The first-order chi connectivity index (χ1) is 23.4. The van der Waals surface area contributed by atoms with E-state index in [0.29, 0.717) is 28.4 Å². The molecule has 0 unspecified atom stereocenters. The highest BCUT2D eigenvalue weighted by Gasteiger charge is 2.70. The van der Waals surface area contributed by atoms with Crippen LogP contribution in [0.15, 0.2) is 84.4 Å². The summed E-state index contributed by atoms with van der Waals surface area (Å²) in [6, 6.07) is 19.5. The first-order valence-electron chi connectivity index (χ1n) is 16.5. The van der Waals surface area contributed by atoms with Crippen molar-refractivity contribution in [2.45, 2.75) is 50.5 Å². The first-order valence-corrected chi connectivity index (χ1v) is 16.8. The number of benzene rings is 3. The van der Waals surface area contributed by atoms with Gasteiger partial charge in [0.25, 0.3) is 11.8 Å². The molecule has 254 valence electrons. The summed E-state index contributed by atoms with van der Waals surface area (Å²) in [5.74, 6) is -4.81. The van der Waals surface area contributed by atoms with Crippen LogP contribution in [0.4, 0.5) is 10.1 Å². The number of hydrogen-bond donors (Lipinski definition) is 2. The second kappa shape index (κ2) is 12.1. The third-order valence-corrected chi connectivity index (χ3v) is 10.8. The Hall–Kier alpha value is -4.54. The molecule has 1 saturated carbocycles. The lowest BCUT2D eigenvalue weighted by atomic mass is 9.49. The monoisotopic (exact) mass is 685 g/mol. The summed E-state index contributed by atoms with van der Waals surface area (Å²) >= 11 is 6.35. The van der Waals surface area contributed by atoms with Gasteiger partial charge in [-0.25, -0.2) is 4.39 Å². The maximum atomic E-state index is 15.1. The number of aliphatic hydroxyl groups is 1. The zero-order valence-electron chi connectivity index (χ0n) is 27.4. The van der Waals surface area contributed by atoms with Crippen LogP contribution >= 0.6 is 11.6 Å². The topological polar surface area (TPSA) is 116 Å². The van der Waals surface area contributed by atoms with E-state index in [1.807, 2.05) is 39.0 Å². The lowest BCUT2D eigenvalue weighted by molar-refractivity contribution is -0.146. The average Bonchev–Trinajstić information content (AvgIpc) is 3.46. The second-order valence-electron chi connectivity index (χ2n) is 14.2. The number of aliphatic hydroxyl groups excluding tert-OH is 1. The molecule has 4 aliphatic rings. The van der Waals surface area contributed by atoms with Crippen LogP contribution < -0.4 is 10.2 Å². The molecule has 0 aromatic heterocycles. The van der Waals surface area contributed by atoms with Crippen LogP contribution in [0.5, 0.6) is 5.75 Å². The van der Waals surface area contributed by atoms with Crippen molar-refractivity contribution in [3.05, 3.63) is 106 Å². The number of hydrazine groups is 1. The Morgan fingerprint density at radius 3 is 2.22 bits per heavy atom. The molecule has 7 rings (SSSR count). The Labute approximate surface area is 288 Å². The van der Waals surface area contributed by atoms with Crippen molar-refractivity contribution in [3.8, 4) is 5.75 Å². The summed E-state index contributed by atoms with van der Waals surface area (Å²) in [6.45, 7) is 5.45. The number of likely N-dealkylation sites (tertiary alicyclic amines) is 1. The Morgan fingerprint density at radius 1 is 0.918 bits per heavy atom. The Balaban J connectivity index is 1.43. The van der Waals surface area contributed by atoms with Crippen molar-refractivity contribution in [1.82, 2.24) is 9.91 Å². The fourth-order valence-electron chi connectivity index (χ4n) is 8.61. The summed E-state index contributed by atoms with van der Waals surface area (Å²) in [7, 11) is 0. The highest BCUT2D eigenvalue weighted by Crippen LogP contribution is 2.64. The van der Waals surface area contributed by atoms with Crippen LogP contribution in [0.1, 0.15) is 50.7 Å². The van der Waals surface area contributed by atoms with Gasteiger partial charge in [0, 0.05) is 16.5 Å². The minimum atomic E-state index is -1.47. The zero-order chi connectivity index (χ0) is 34.8. The van der Waals surface area contributed by atoms with Gasteiger partial charge in [-0.15, -0.1) is 0 Å². The number of imide groups is 2. The summed E-state index contributed by atoms with van der Waals surface area (Å²) in [6.07, 6.45) is 2.49. The molecular weight excluding hydrogens is 649 g/mol. The highest BCUT2D eigenvalue weighted by atomic mass is 35.5. The zero-order valence-corrected chi connectivity index (χ0v) is 28.1. The minimum absolute atomic E-state index is 0.104. The number of carbonyl (C=O) groups excluding carboxylic acids is 4. The van der Waals surface area contributed by atoms with E-state index in [-0.39, 0.29) is 31.4 Å². The molecule has 0 spiro atoms. The molecule has 2 N–H and O–H groups in total. The lowest BCUT2D eigenvalue weighted by Crippen LogP contribution is -2.53. The van der Waals surface area contributed by atoms with E-state index in [2.05, 4.69) is 5.43 Å². The third kappa shape index (κ3) is 5.15. The SMILES string of the molecule is CC(C)(C)N1C(=O)[C@H]2[C@H](CC=C3[C@H]2C[C@H]2C(=O)N(Nc4ccc(F)cc4)C(=O)[C@@]2(c2ccc(Cl)cc2)[C@H]3c2ccc(OCCO)cc2)C1=O. The molecule has 9 nitrogen and oxygen atoms in total. The number of anilines is 1. The molecular formula is C38H37ClFN3O6. The quantitative estimate of drug-likeness (QED) is 0.245. The van der Waals surface area contributed by atoms with Gasteiger partial charge in [-0.05, 0) is 99.2 Å². The van der Waals surface area contributed by atoms with E-state index in [1.54, 1.807) is 36.4 Å². The van der Waals surface area contributed by atoms with E-state index in [0.717, 1.165) is 16.1 Å². The number of nitrogens with zero attached hydrogens (tertiary/aromatic N) is 2. The van der Waals surface area contributed by atoms with Crippen molar-refractivity contribution >= 4 is 40.9 Å². The molecule has 0 radical (unpaired) electrons. The fraction of sp³-hybridized carbons (Fsp3) is 0.368. The molecule has 49 heavy (non-hydrogen) atoms. The molecule has 3 aromatic carbocycles. The molecule has 4 amide bonds. The van der Waals surface area contributed by atoms with Crippen LogP contribution in [0, 0.1) is 29.5 Å². The second-order valence-corrected chi connectivity index (χ2v) is 14.6. The Bertz CT molecular complexity index is 1860. The number of ether oxygens (including phenoxy) is 1. The van der Waals surface area contributed by atoms with Crippen molar-refractivity contribution < 1.29 is 33.4 Å². The molecule has 6 atom stereocenters. The Morgan fingerprint density at radius 2 is 1.59 bits per heavy atom. The van der Waals surface area contributed by atoms with E-state index in [1.165, 1.54) is 29.2 Å². The lowest BCUT2D eigenvalue weighted by Gasteiger charge is -2.50. The number of halogens is 2. The van der Waals surface area contributed by atoms with E-state index in [4.69, 9.17) is 16.3 Å². The predicted molar refractivity (Wildman–Crippen MR) is 180 cm³/mol. The van der Waals surface area contributed by atoms with Crippen LogP contribution in [0.25, 0.3) is 0 Å². The van der Waals surface area contributed by atoms with Gasteiger partial charge in [0.15, 0.2) is 0 Å². The van der Waals surface area contributed by atoms with E-state index < -0.39 is 58.2 Å². The number of amides is 4. The molecule has 2 aliphatic heterocycles. The van der Waals surface area contributed by atoms with Crippen molar-refractivity contribution in [2.24, 2.45) is 23.7 Å². The van der Waals surface area contributed by atoms with Gasteiger partial charge >= 0.3 is 0 Å². The largest absolute Gasteiger partial charge is 0.491 e. The molecule has 2 heterocycles. The Kier molecular flexibility index (Phi) is 8.15. The third-order valence-electron chi connectivity index (χ3n) is 10.5. The number of allylic oxidation sites excluding steroid dienone is 2. The van der Waals surface area contributed by atoms with Crippen molar-refractivity contribution in [2.75, 3.05) is 18.6 Å². The summed E-state index contributed by atoms with van der Waals surface area (Å²) < 4.78 is 19.5. The summed E-state index contributed by atoms with van der Waals surface area (Å²) in [5, 5.41) is 10.8. The maximum absolute atomic E-state index is 15.1. The number of fused-ring (bicyclic) bond motifs is 4. The first kappa shape index (κ1) is 33.0. The van der Waals surface area contributed by atoms with Crippen LogP contribution in [0.3, 0.4) is 0 Å². The molecule has 2 aliphatic carbocycles. The van der Waals surface area contributed by atoms with Crippen molar-refractivity contribution in [3.63, 3.8) is 0 Å². The highest BCUT2D eigenvalue weighted by molar-refractivity contribution is 6.30. The molecule has 0 bridgehead atoms. The normalized spacial score (nSPS) is 27.9. The smallest absolute Gasteiger partial charge is 0.260 e. The number of rotatable bonds is 7. The van der Waals surface area contributed by atoms with Gasteiger partial charge in [0.05, 0.1) is 35.5 Å². The van der Waals surface area contributed by atoms with Gasteiger partial charge in [0.2, 0.25) is 11.8 Å². The van der Waals surface area contributed by atoms with Crippen LogP contribution in [-0.2, 0) is 24.6 Å². The number of carbonyl (C=O) groups is 4. The van der Waals surface area contributed by atoms with E-state index in [9.17, 15) is 23.9 Å². The van der Waals surface area contributed by atoms with Crippen molar-refractivity contribution in [1.29, 1.82) is 0 Å². The van der Waals surface area contributed by atoms with Gasteiger partial charge in [0.1, 0.15) is 18.2 Å². The van der Waals surface area contributed by atoms with Gasteiger partial charge in [-0.1, -0.05) is 47.5 Å². The van der Waals surface area contributed by atoms with Crippen LogP contribution in [-0.4, -0.2) is 57.4 Å². The predicted octanol–water partition coefficient (Wildman–Crippen LogP) is 5.63. The maximum Gasteiger partial charge on any atom is 0.260 e. The number of hydrogen-bond acceptors (Lipinski definition) is 7. The molecule has 11 heteroatoms.